The summed E-state index contributed by atoms with van der Waals surface area (Å²) in [5.74, 6) is -0.201. The summed E-state index contributed by atoms with van der Waals surface area (Å²) in [6, 6.07) is 10.4. The van der Waals surface area contributed by atoms with Crippen LogP contribution >= 0.6 is 0 Å². The van der Waals surface area contributed by atoms with Crippen LogP contribution in [0, 0.1) is 0 Å². The van der Waals surface area contributed by atoms with Gasteiger partial charge < -0.3 is 10.1 Å². The maximum absolute atomic E-state index is 11.8. The van der Waals surface area contributed by atoms with E-state index in [9.17, 15) is 4.79 Å². The Hall–Kier alpha value is -1.61. The highest BCUT2D eigenvalue weighted by Crippen LogP contribution is 2.19. The van der Waals surface area contributed by atoms with Crippen LogP contribution in [0.1, 0.15) is 31.2 Å². The van der Waals surface area contributed by atoms with Crippen LogP contribution in [0.4, 0.5) is 0 Å². The first-order valence-electron chi connectivity index (χ1n) is 6.87. The third-order valence-electron chi connectivity index (χ3n) is 3.50. The van der Waals surface area contributed by atoms with Gasteiger partial charge in [0.05, 0.1) is 12.7 Å². The SMILES string of the molecule is COC(=O)C1=CCCCC[C@@H]1NCc1ccccc1. The summed E-state index contributed by atoms with van der Waals surface area (Å²) < 4.78 is 4.88. The molecule has 102 valence electrons. The molecule has 0 aliphatic heterocycles. The molecule has 0 saturated heterocycles. The zero-order chi connectivity index (χ0) is 13.5. The number of rotatable bonds is 4. The van der Waals surface area contributed by atoms with Gasteiger partial charge >= 0.3 is 5.97 Å². The topological polar surface area (TPSA) is 38.3 Å². The van der Waals surface area contributed by atoms with E-state index in [0.717, 1.165) is 37.8 Å². The fraction of sp³-hybridized carbons (Fsp3) is 0.438. The van der Waals surface area contributed by atoms with E-state index in [-0.39, 0.29) is 12.0 Å². The highest BCUT2D eigenvalue weighted by Gasteiger charge is 2.22. The fourth-order valence-corrected chi connectivity index (χ4v) is 2.44. The second-order valence-electron chi connectivity index (χ2n) is 4.85. The molecule has 3 nitrogen and oxygen atoms in total. The standard InChI is InChI=1S/C16H21NO2/c1-19-16(18)14-10-6-3-7-11-15(14)17-12-13-8-4-2-5-9-13/h2,4-5,8-10,15,17H,3,6-7,11-12H2,1H3/t15-/m0/s1. The van der Waals surface area contributed by atoms with Crippen LogP contribution in [0.5, 0.6) is 0 Å². The molecule has 0 amide bonds. The normalized spacial score (nSPS) is 19.4. The van der Waals surface area contributed by atoms with Gasteiger partial charge in [-0.25, -0.2) is 4.79 Å². The Morgan fingerprint density at radius 1 is 1.32 bits per heavy atom. The smallest absolute Gasteiger partial charge is 0.335 e. The summed E-state index contributed by atoms with van der Waals surface area (Å²) in [5, 5.41) is 3.47. The molecule has 0 bridgehead atoms. The van der Waals surface area contributed by atoms with Crippen LogP contribution in [0.2, 0.25) is 0 Å². The predicted molar refractivity (Wildman–Crippen MR) is 75.6 cm³/mol. The van der Waals surface area contributed by atoms with E-state index < -0.39 is 0 Å². The van der Waals surface area contributed by atoms with Crippen molar-refractivity contribution in [1.82, 2.24) is 5.32 Å². The van der Waals surface area contributed by atoms with Crippen molar-refractivity contribution >= 4 is 5.97 Å². The van der Waals surface area contributed by atoms with Crippen molar-refractivity contribution in [2.75, 3.05) is 7.11 Å². The molecular formula is C16H21NO2. The lowest BCUT2D eigenvalue weighted by atomic mass is 10.0. The molecule has 1 aliphatic rings. The molecule has 0 heterocycles. The van der Waals surface area contributed by atoms with Gasteiger partial charge in [-0.15, -0.1) is 0 Å². The molecule has 1 atom stereocenters. The molecule has 0 spiro atoms. The molecule has 0 radical (unpaired) electrons. The number of allylic oxidation sites excluding steroid dienone is 1. The molecule has 3 heteroatoms. The molecular weight excluding hydrogens is 238 g/mol. The zero-order valence-electron chi connectivity index (χ0n) is 11.4. The van der Waals surface area contributed by atoms with Crippen molar-refractivity contribution in [2.45, 2.75) is 38.3 Å². The van der Waals surface area contributed by atoms with Gasteiger partial charge in [0.25, 0.3) is 0 Å². The number of carbonyl (C=O) groups excluding carboxylic acids is 1. The second-order valence-corrected chi connectivity index (χ2v) is 4.85. The lowest BCUT2D eigenvalue weighted by molar-refractivity contribution is -0.136. The lowest BCUT2D eigenvalue weighted by Crippen LogP contribution is -2.33. The summed E-state index contributed by atoms with van der Waals surface area (Å²) >= 11 is 0. The average molecular weight is 259 g/mol. The molecule has 0 saturated carbocycles. The molecule has 0 aromatic heterocycles. The van der Waals surface area contributed by atoms with Gasteiger partial charge in [0.15, 0.2) is 0 Å². The van der Waals surface area contributed by atoms with E-state index in [0.29, 0.717) is 0 Å². The van der Waals surface area contributed by atoms with Gasteiger partial charge in [-0.2, -0.15) is 0 Å². The first-order chi connectivity index (χ1) is 9.31. The van der Waals surface area contributed by atoms with Crippen molar-refractivity contribution in [3.8, 4) is 0 Å². The van der Waals surface area contributed by atoms with Crippen LogP contribution in [0.3, 0.4) is 0 Å². The summed E-state index contributed by atoms with van der Waals surface area (Å²) in [4.78, 5) is 11.8. The Balaban J connectivity index is 2.01. The van der Waals surface area contributed by atoms with E-state index in [1.807, 2.05) is 24.3 Å². The first-order valence-corrected chi connectivity index (χ1v) is 6.87. The summed E-state index contributed by atoms with van der Waals surface area (Å²) in [5.41, 5.74) is 2.02. The second kappa shape index (κ2) is 7.10. The van der Waals surface area contributed by atoms with E-state index in [1.165, 1.54) is 12.7 Å². The van der Waals surface area contributed by atoms with E-state index in [1.54, 1.807) is 0 Å². The van der Waals surface area contributed by atoms with Gasteiger partial charge in [-0.3, -0.25) is 0 Å². The minimum atomic E-state index is -0.201. The highest BCUT2D eigenvalue weighted by molar-refractivity contribution is 5.89. The number of esters is 1. The number of methoxy groups -OCH3 is 1. The highest BCUT2D eigenvalue weighted by atomic mass is 16.5. The maximum Gasteiger partial charge on any atom is 0.335 e. The first kappa shape index (κ1) is 13.8. The molecule has 1 aromatic rings. The predicted octanol–water partition coefficient (Wildman–Crippen LogP) is 2.82. The van der Waals surface area contributed by atoms with Gasteiger partial charge in [0.1, 0.15) is 0 Å². The molecule has 2 rings (SSSR count). The number of hydrogen-bond donors (Lipinski definition) is 1. The summed E-state index contributed by atoms with van der Waals surface area (Å²) in [7, 11) is 1.45. The molecule has 1 aromatic carbocycles. The molecule has 1 N–H and O–H groups in total. The Bertz CT molecular complexity index is 439. The van der Waals surface area contributed by atoms with Gasteiger partial charge in [0.2, 0.25) is 0 Å². The van der Waals surface area contributed by atoms with Crippen molar-refractivity contribution in [3.05, 3.63) is 47.5 Å². The van der Waals surface area contributed by atoms with Crippen LogP contribution in [-0.2, 0) is 16.1 Å². The van der Waals surface area contributed by atoms with E-state index in [2.05, 4.69) is 17.4 Å². The van der Waals surface area contributed by atoms with Crippen molar-refractivity contribution in [1.29, 1.82) is 0 Å². The van der Waals surface area contributed by atoms with Crippen LogP contribution in [-0.4, -0.2) is 19.1 Å². The number of nitrogens with one attached hydrogen (secondary N) is 1. The third kappa shape index (κ3) is 3.93. The summed E-state index contributed by atoms with van der Waals surface area (Å²) in [6.45, 7) is 0.778. The lowest BCUT2D eigenvalue weighted by Gasteiger charge is -2.19. The van der Waals surface area contributed by atoms with Gasteiger partial charge in [0, 0.05) is 12.6 Å². The molecule has 0 fully saturated rings. The van der Waals surface area contributed by atoms with Crippen LogP contribution in [0.15, 0.2) is 42.0 Å². The zero-order valence-corrected chi connectivity index (χ0v) is 11.4. The number of ether oxygens (including phenoxy) is 1. The Kier molecular flexibility index (Phi) is 5.16. The molecule has 19 heavy (non-hydrogen) atoms. The fourth-order valence-electron chi connectivity index (χ4n) is 2.44. The van der Waals surface area contributed by atoms with Crippen LogP contribution in [0.25, 0.3) is 0 Å². The number of benzene rings is 1. The van der Waals surface area contributed by atoms with E-state index in [4.69, 9.17) is 4.74 Å². The van der Waals surface area contributed by atoms with Gasteiger partial charge in [-0.05, 0) is 24.8 Å². The van der Waals surface area contributed by atoms with Gasteiger partial charge in [-0.1, -0.05) is 42.8 Å². The summed E-state index contributed by atoms with van der Waals surface area (Å²) in [6.07, 6.45) is 6.27. The monoisotopic (exact) mass is 259 g/mol. The molecule has 1 aliphatic carbocycles. The third-order valence-corrected chi connectivity index (χ3v) is 3.50. The minimum Gasteiger partial charge on any atom is -0.466 e. The Morgan fingerprint density at radius 2 is 2.11 bits per heavy atom. The number of carbonyl (C=O) groups is 1. The maximum atomic E-state index is 11.8. The van der Waals surface area contributed by atoms with Crippen molar-refractivity contribution in [2.24, 2.45) is 0 Å². The minimum absolute atomic E-state index is 0.107. The molecule has 0 unspecified atom stereocenters. The Labute approximate surface area is 114 Å². The average Bonchev–Trinajstić information content (AvgIpc) is 2.70. The van der Waals surface area contributed by atoms with Crippen LogP contribution < -0.4 is 5.32 Å². The van der Waals surface area contributed by atoms with Crippen molar-refractivity contribution < 1.29 is 9.53 Å². The quantitative estimate of drug-likeness (QED) is 0.845. The number of hydrogen-bond acceptors (Lipinski definition) is 3. The Morgan fingerprint density at radius 3 is 2.84 bits per heavy atom. The largest absolute Gasteiger partial charge is 0.466 e. The van der Waals surface area contributed by atoms with Crippen molar-refractivity contribution in [3.63, 3.8) is 0 Å². The van der Waals surface area contributed by atoms with E-state index >= 15 is 0 Å².